The first kappa shape index (κ1) is 19.6. The largest absolute Gasteiger partial charge is 0.382 e. The Bertz CT molecular complexity index is 551. The van der Waals surface area contributed by atoms with E-state index >= 15 is 0 Å². The van der Waals surface area contributed by atoms with Crippen molar-refractivity contribution in [1.29, 1.82) is 0 Å². The molecular weight excluding hydrogens is 312 g/mol. The second kappa shape index (κ2) is 10.3. The van der Waals surface area contributed by atoms with Crippen molar-refractivity contribution >= 4 is 11.6 Å². The molecule has 1 aromatic carbocycles. The average Bonchev–Trinajstić information content (AvgIpc) is 2.64. The zero-order chi connectivity index (χ0) is 18.1. The molecule has 25 heavy (non-hydrogen) atoms. The Morgan fingerprint density at radius 3 is 2.60 bits per heavy atom. The number of nitrogens with one attached hydrogen (secondary N) is 1. The fourth-order valence-electron chi connectivity index (χ4n) is 3.24. The van der Waals surface area contributed by atoms with Crippen molar-refractivity contribution in [3.05, 3.63) is 29.3 Å². The molecule has 1 fully saturated rings. The number of aliphatic imine (C=N–C) groups is 1. The lowest BCUT2D eigenvalue weighted by atomic mass is 10.1. The van der Waals surface area contributed by atoms with Gasteiger partial charge in [-0.05, 0) is 50.8 Å². The summed E-state index contributed by atoms with van der Waals surface area (Å²) in [5.41, 5.74) is 4.13. The van der Waals surface area contributed by atoms with Crippen molar-refractivity contribution in [2.75, 3.05) is 57.9 Å². The van der Waals surface area contributed by atoms with Gasteiger partial charge < -0.3 is 19.9 Å². The molecule has 0 saturated carbocycles. The number of guanidine groups is 1. The molecule has 0 aliphatic carbocycles. The minimum absolute atomic E-state index is 0.805. The third-order valence-corrected chi connectivity index (χ3v) is 4.91. The molecular formula is C20H34N4O. The zero-order valence-corrected chi connectivity index (χ0v) is 16.3. The number of hydrogen-bond acceptors (Lipinski definition) is 3. The van der Waals surface area contributed by atoms with Gasteiger partial charge in [0.05, 0.1) is 0 Å². The van der Waals surface area contributed by atoms with Crippen LogP contribution in [0, 0.1) is 13.8 Å². The van der Waals surface area contributed by atoms with Crippen LogP contribution in [0.25, 0.3) is 0 Å². The zero-order valence-electron chi connectivity index (χ0n) is 16.3. The van der Waals surface area contributed by atoms with Crippen molar-refractivity contribution in [2.24, 2.45) is 4.99 Å². The molecule has 0 atom stereocenters. The maximum atomic E-state index is 5.38. The fraction of sp³-hybridized carbons (Fsp3) is 0.650. The Kier molecular flexibility index (Phi) is 8.06. The van der Waals surface area contributed by atoms with Crippen molar-refractivity contribution in [3.63, 3.8) is 0 Å². The quantitative estimate of drug-likeness (QED) is 0.468. The number of aryl methyl sites for hydroxylation is 1. The van der Waals surface area contributed by atoms with Gasteiger partial charge >= 0.3 is 0 Å². The minimum atomic E-state index is 0.805. The van der Waals surface area contributed by atoms with Gasteiger partial charge in [-0.1, -0.05) is 12.1 Å². The van der Waals surface area contributed by atoms with Crippen LogP contribution in [-0.4, -0.2) is 63.8 Å². The van der Waals surface area contributed by atoms with Crippen LogP contribution < -0.4 is 10.2 Å². The van der Waals surface area contributed by atoms with Gasteiger partial charge in [-0.15, -0.1) is 0 Å². The molecule has 5 nitrogen and oxygen atoms in total. The van der Waals surface area contributed by atoms with Gasteiger partial charge in [-0.3, -0.25) is 4.99 Å². The number of rotatable bonds is 7. The molecule has 1 saturated heterocycles. The molecule has 0 unspecified atom stereocenters. The number of hydrogen-bond donors (Lipinski definition) is 1. The van der Waals surface area contributed by atoms with Gasteiger partial charge in [0, 0.05) is 58.7 Å². The monoisotopic (exact) mass is 346 g/mol. The predicted octanol–water partition coefficient (Wildman–Crippen LogP) is 2.82. The van der Waals surface area contributed by atoms with Crippen LogP contribution in [0.2, 0.25) is 0 Å². The van der Waals surface area contributed by atoms with E-state index in [-0.39, 0.29) is 0 Å². The number of benzene rings is 1. The second-order valence-electron chi connectivity index (χ2n) is 6.57. The van der Waals surface area contributed by atoms with Crippen LogP contribution in [0.5, 0.6) is 0 Å². The van der Waals surface area contributed by atoms with Crippen molar-refractivity contribution in [3.8, 4) is 0 Å². The summed E-state index contributed by atoms with van der Waals surface area (Å²) in [6.07, 6.45) is 2.21. The molecule has 0 amide bonds. The van der Waals surface area contributed by atoms with Crippen LogP contribution in [0.1, 0.15) is 30.9 Å². The standard InChI is InChI=1S/C20H34N4O/c1-5-25-16-7-6-11-22-20(21-4)24-14-12-23(13-15-24)19-10-8-9-17(2)18(19)3/h8-10H,5-7,11-16H2,1-4H3,(H,21,22). The lowest BCUT2D eigenvalue weighted by Gasteiger charge is -2.38. The van der Waals surface area contributed by atoms with Crippen molar-refractivity contribution < 1.29 is 4.74 Å². The molecule has 0 spiro atoms. The lowest BCUT2D eigenvalue weighted by Crippen LogP contribution is -2.52. The van der Waals surface area contributed by atoms with Gasteiger partial charge in [0.2, 0.25) is 0 Å². The highest BCUT2D eigenvalue weighted by Gasteiger charge is 2.20. The van der Waals surface area contributed by atoms with Crippen LogP contribution in [0.15, 0.2) is 23.2 Å². The van der Waals surface area contributed by atoms with E-state index in [0.29, 0.717) is 0 Å². The van der Waals surface area contributed by atoms with E-state index < -0.39 is 0 Å². The Morgan fingerprint density at radius 1 is 1.16 bits per heavy atom. The molecule has 1 aliphatic heterocycles. The average molecular weight is 347 g/mol. The van der Waals surface area contributed by atoms with E-state index in [4.69, 9.17) is 4.74 Å². The highest BCUT2D eigenvalue weighted by Crippen LogP contribution is 2.23. The molecule has 0 bridgehead atoms. The summed E-state index contributed by atoms with van der Waals surface area (Å²) in [5.74, 6) is 1.03. The first-order chi connectivity index (χ1) is 12.2. The normalized spacial score (nSPS) is 15.6. The van der Waals surface area contributed by atoms with E-state index in [1.54, 1.807) is 0 Å². The van der Waals surface area contributed by atoms with Crippen LogP contribution in [-0.2, 0) is 4.74 Å². The number of anilines is 1. The number of nitrogens with zero attached hydrogens (tertiary/aromatic N) is 3. The third kappa shape index (κ3) is 5.63. The first-order valence-corrected chi connectivity index (χ1v) is 9.51. The SMILES string of the molecule is CCOCCCCNC(=NC)N1CCN(c2cccc(C)c2C)CC1. The maximum absolute atomic E-state index is 5.38. The first-order valence-electron chi connectivity index (χ1n) is 9.51. The van der Waals surface area contributed by atoms with Crippen molar-refractivity contribution in [1.82, 2.24) is 10.2 Å². The van der Waals surface area contributed by atoms with Gasteiger partial charge in [0.1, 0.15) is 0 Å². The van der Waals surface area contributed by atoms with Gasteiger partial charge in [-0.25, -0.2) is 0 Å². The molecule has 1 aliphatic rings. The van der Waals surface area contributed by atoms with Gasteiger partial charge in [-0.2, -0.15) is 0 Å². The van der Waals surface area contributed by atoms with Crippen LogP contribution >= 0.6 is 0 Å². The Labute approximate surface area is 153 Å². The number of unbranched alkanes of at least 4 members (excludes halogenated alkanes) is 1. The third-order valence-electron chi connectivity index (χ3n) is 4.91. The summed E-state index contributed by atoms with van der Waals surface area (Å²) >= 11 is 0. The Morgan fingerprint density at radius 2 is 1.92 bits per heavy atom. The Hall–Kier alpha value is -1.75. The molecule has 0 radical (unpaired) electrons. The molecule has 1 N–H and O–H groups in total. The summed E-state index contributed by atoms with van der Waals surface area (Å²) in [5, 5.41) is 3.49. The summed E-state index contributed by atoms with van der Waals surface area (Å²) in [4.78, 5) is 9.32. The lowest BCUT2D eigenvalue weighted by molar-refractivity contribution is 0.143. The summed E-state index contributed by atoms with van der Waals surface area (Å²) in [6, 6.07) is 6.59. The second-order valence-corrected chi connectivity index (χ2v) is 6.57. The maximum Gasteiger partial charge on any atom is 0.193 e. The number of ether oxygens (including phenoxy) is 1. The molecule has 0 aromatic heterocycles. The van der Waals surface area contributed by atoms with Gasteiger partial charge in [0.25, 0.3) is 0 Å². The summed E-state index contributed by atoms with van der Waals surface area (Å²) in [7, 11) is 1.87. The fourth-order valence-corrected chi connectivity index (χ4v) is 3.24. The molecule has 5 heteroatoms. The molecule has 1 heterocycles. The van der Waals surface area contributed by atoms with E-state index in [0.717, 1.165) is 64.7 Å². The highest BCUT2D eigenvalue weighted by molar-refractivity contribution is 5.80. The highest BCUT2D eigenvalue weighted by atomic mass is 16.5. The minimum Gasteiger partial charge on any atom is -0.382 e. The number of piperazine rings is 1. The smallest absolute Gasteiger partial charge is 0.193 e. The van der Waals surface area contributed by atoms with E-state index in [2.05, 4.69) is 52.2 Å². The molecule has 1 aromatic rings. The predicted molar refractivity (Wildman–Crippen MR) is 107 cm³/mol. The van der Waals surface area contributed by atoms with Crippen LogP contribution in [0.4, 0.5) is 5.69 Å². The van der Waals surface area contributed by atoms with E-state index in [1.165, 1.54) is 16.8 Å². The van der Waals surface area contributed by atoms with Crippen LogP contribution in [0.3, 0.4) is 0 Å². The van der Waals surface area contributed by atoms with E-state index in [9.17, 15) is 0 Å². The topological polar surface area (TPSA) is 40.1 Å². The summed E-state index contributed by atoms with van der Waals surface area (Å²) < 4.78 is 5.38. The summed E-state index contributed by atoms with van der Waals surface area (Å²) in [6.45, 7) is 13.1. The molecule has 140 valence electrons. The van der Waals surface area contributed by atoms with E-state index in [1.807, 2.05) is 14.0 Å². The molecule has 2 rings (SSSR count). The Balaban J connectivity index is 1.79. The van der Waals surface area contributed by atoms with Gasteiger partial charge in [0.15, 0.2) is 5.96 Å². The van der Waals surface area contributed by atoms with Crippen molar-refractivity contribution in [2.45, 2.75) is 33.6 Å².